The van der Waals surface area contributed by atoms with Crippen molar-refractivity contribution in [3.63, 3.8) is 0 Å². The average molecular weight is 491 g/mol. The van der Waals surface area contributed by atoms with Crippen molar-refractivity contribution >= 4 is 11.8 Å². The Morgan fingerprint density at radius 2 is 1.39 bits per heavy atom. The molecular weight excluding hydrogens is 456 g/mol. The van der Waals surface area contributed by atoms with Crippen molar-refractivity contribution in [2.75, 3.05) is 14.2 Å². The van der Waals surface area contributed by atoms with Gasteiger partial charge < -0.3 is 18.9 Å². The van der Waals surface area contributed by atoms with Crippen molar-refractivity contribution in [3.8, 4) is 11.5 Å². The summed E-state index contributed by atoms with van der Waals surface area (Å²) in [5, 5.41) is 0. The molecule has 36 heavy (non-hydrogen) atoms. The number of methoxy groups -OCH3 is 2. The van der Waals surface area contributed by atoms with Crippen LogP contribution in [0, 0.1) is 0 Å². The zero-order valence-electron chi connectivity index (χ0n) is 21.5. The molecule has 3 aromatic rings. The van der Waals surface area contributed by atoms with Gasteiger partial charge in [-0.2, -0.15) is 0 Å². The molecule has 0 N–H and O–H groups in total. The number of ether oxygens (including phenoxy) is 4. The molecule has 6 nitrogen and oxygen atoms in total. The first-order valence-electron chi connectivity index (χ1n) is 11.9. The van der Waals surface area contributed by atoms with Gasteiger partial charge >= 0.3 is 5.97 Å². The Morgan fingerprint density at radius 1 is 0.806 bits per heavy atom. The number of ketones is 1. The third kappa shape index (κ3) is 7.43. The van der Waals surface area contributed by atoms with Crippen molar-refractivity contribution < 1.29 is 28.5 Å². The molecular formula is C30H34O6. The van der Waals surface area contributed by atoms with Gasteiger partial charge in [0.25, 0.3) is 0 Å². The standard InChI is InChI=1S/C30H34O6/c1-30(2,3)36-27(31)19-18-26(28(32)24-20-23(33-4)16-17-25(24)34-5)35-29(21-12-8-6-9-13-21)22-14-10-7-11-15-22/h6-17,20,26,29H,18-19H2,1-5H3/t26-/m0/s1. The van der Waals surface area contributed by atoms with Gasteiger partial charge in [0.2, 0.25) is 0 Å². The molecule has 0 spiro atoms. The summed E-state index contributed by atoms with van der Waals surface area (Å²) in [6.45, 7) is 5.43. The van der Waals surface area contributed by atoms with Crippen LogP contribution in [0.2, 0.25) is 0 Å². The van der Waals surface area contributed by atoms with Crippen LogP contribution in [0.1, 0.15) is 61.2 Å². The van der Waals surface area contributed by atoms with Crippen LogP contribution in [0.4, 0.5) is 0 Å². The second-order valence-corrected chi connectivity index (χ2v) is 9.38. The number of esters is 1. The molecule has 0 heterocycles. The highest BCUT2D eigenvalue weighted by atomic mass is 16.6. The lowest BCUT2D eigenvalue weighted by atomic mass is 9.98. The lowest BCUT2D eigenvalue weighted by Gasteiger charge is -2.26. The van der Waals surface area contributed by atoms with Crippen LogP contribution >= 0.6 is 0 Å². The van der Waals surface area contributed by atoms with E-state index in [1.807, 2.05) is 81.4 Å². The molecule has 1 atom stereocenters. The molecule has 0 aliphatic rings. The monoisotopic (exact) mass is 490 g/mol. The first-order valence-corrected chi connectivity index (χ1v) is 11.9. The van der Waals surface area contributed by atoms with Gasteiger partial charge in [-0.15, -0.1) is 0 Å². The van der Waals surface area contributed by atoms with E-state index in [9.17, 15) is 9.59 Å². The minimum Gasteiger partial charge on any atom is -0.497 e. The molecule has 0 unspecified atom stereocenters. The minimum atomic E-state index is -0.941. The molecule has 0 amide bonds. The number of rotatable bonds is 11. The van der Waals surface area contributed by atoms with Crippen molar-refractivity contribution in [3.05, 3.63) is 95.6 Å². The number of Topliss-reactive ketones (excluding diaryl/α,β-unsaturated/α-hetero) is 1. The van der Waals surface area contributed by atoms with Crippen LogP contribution in [0.25, 0.3) is 0 Å². The second-order valence-electron chi connectivity index (χ2n) is 9.38. The fraction of sp³-hybridized carbons (Fsp3) is 0.333. The molecule has 6 heteroatoms. The number of carbonyl (C=O) groups excluding carboxylic acids is 2. The van der Waals surface area contributed by atoms with E-state index in [-0.39, 0.29) is 18.6 Å². The number of benzene rings is 3. The fourth-order valence-corrected chi connectivity index (χ4v) is 3.85. The quantitative estimate of drug-likeness (QED) is 0.236. The summed E-state index contributed by atoms with van der Waals surface area (Å²) in [5.74, 6) is 0.235. The SMILES string of the molecule is COc1ccc(OC)c(C(=O)[C@H](CCC(=O)OC(C)(C)C)OC(c2ccccc2)c2ccccc2)c1. The van der Waals surface area contributed by atoms with E-state index in [1.165, 1.54) is 14.2 Å². The van der Waals surface area contributed by atoms with E-state index in [4.69, 9.17) is 18.9 Å². The minimum absolute atomic E-state index is 0.0241. The summed E-state index contributed by atoms with van der Waals surface area (Å²) in [5.41, 5.74) is 1.50. The number of hydrogen-bond donors (Lipinski definition) is 0. The van der Waals surface area contributed by atoms with Crippen molar-refractivity contribution in [1.82, 2.24) is 0 Å². The summed E-state index contributed by atoms with van der Waals surface area (Å²) < 4.78 is 22.8. The molecule has 0 aromatic heterocycles. The van der Waals surface area contributed by atoms with Crippen LogP contribution in [-0.4, -0.2) is 37.7 Å². The number of hydrogen-bond acceptors (Lipinski definition) is 6. The maximum Gasteiger partial charge on any atom is 0.306 e. The van der Waals surface area contributed by atoms with Gasteiger partial charge in [0.05, 0.1) is 19.8 Å². The number of carbonyl (C=O) groups is 2. The van der Waals surface area contributed by atoms with Crippen molar-refractivity contribution in [2.45, 2.75) is 51.4 Å². The van der Waals surface area contributed by atoms with Gasteiger partial charge in [-0.25, -0.2) is 0 Å². The summed E-state index contributed by atoms with van der Waals surface area (Å²) in [6, 6.07) is 24.4. The Labute approximate surface area is 213 Å². The molecule has 3 aromatic carbocycles. The Hall–Kier alpha value is -3.64. The average Bonchev–Trinajstić information content (AvgIpc) is 2.88. The van der Waals surface area contributed by atoms with Gasteiger partial charge in [0.1, 0.15) is 29.3 Å². The predicted molar refractivity (Wildman–Crippen MR) is 139 cm³/mol. The zero-order chi connectivity index (χ0) is 26.1. The van der Waals surface area contributed by atoms with E-state index in [2.05, 4.69) is 0 Å². The summed E-state index contributed by atoms with van der Waals surface area (Å²) in [6.07, 6.45) is -1.29. The fourth-order valence-electron chi connectivity index (χ4n) is 3.85. The van der Waals surface area contributed by atoms with E-state index in [0.29, 0.717) is 17.1 Å². The van der Waals surface area contributed by atoms with E-state index >= 15 is 0 Å². The third-order valence-corrected chi connectivity index (χ3v) is 5.50. The summed E-state index contributed by atoms with van der Waals surface area (Å²) in [4.78, 5) is 26.4. The van der Waals surface area contributed by atoms with E-state index in [0.717, 1.165) is 11.1 Å². The maximum absolute atomic E-state index is 13.9. The highest BCUT2D eigenvalue weighted by Crippen LogP contribution is 2.32. The zero-order valence-corrected chi connectivity index (χ0v) is 21.5. The van der Waals surface area contributed by atoms with Crippen LogP contribution in [0.15, 0.2) is 78.9 Å². The van der Waals surface area contributed by atoms with Crippen molar-refractivity contribution in [1.29, 1.82) is 0 Å². The molecule has 3 rings (SSSR count). The highest BCUT2D eigenvalue weighted by molar-refractivity contribution is 6.02. The second kappa shape index (κ2) is 12.4. The van der Waals surface area contributed by atoms with Crippen LogP contribution in [-0.2, 0) is 14.3 Å². The largest absolute Gasteiger partial charge is 0.497 e. The Bertz CT molecular complexity index is 1100. The molecule has 0 radical (unpaired) electrons. The maximum atomic E-state index is 13.9. The molecule has 190 valence electrons. The van der Waals surface area contributed by atoms with Gasteiger partial charge in [0, 0.05) is 6.42 Å². The van der Waals surface area contributed by atoms with Gasteiger partial charge in [-0.1, -0.05) is 60.7 Å². The van der Waals surface area contributed by atoms with Crippen LogP contribution in [0.3, 0.4) is 0 Å². The van der Waals surface area contributed by atoms with Crippen LogP contribution < -0.4 is 9.47 Å². The normalized spacial score (nSPS) is 12.2. The molecule has 0 saturated carbocycles. The Kier molecular flexibility index (Phi) is 9.25. The van der Waals surface area contributed by atoms with E-state index < -0.39 is 23.8 Å². The lowest BCUT2D eigenvalue weighted by Crippen LogP contribution is -2.30. The molecule has 0 aliphatic heterocycles. The lowest BCUT2D eigenvalue weighted by molar-refractivity contribution is -0.155. The van der Waals surface area contributed by atoms with Crippen LogP contribution in [0.5, 0.6) is 11.5 Å². The first-order chi connectivity index (χ1) is 17.2. The first kappa shape index (κ1) is 27.0. The molecule has 0 saturated heterocycles. The van der Waals surface area contributed by atoms with Crippen molar-refractivity contribution in [2.24, 2.45) is 0 Å². The molecule has 0 fully saturated rings. The predicted octanol–water partition coefficient (Wildman–Crippen LogP) is 6.18. The Morgan fingerprint density at radius 3 is 1.89 bits per heavy atom. The smallest absolute Gasteiger partial charge is 0.306 e. The summed E-state index contributed by atoms with van der Waals surface area (Å²) >= 11 is 0. The van der Waals surface area contributed by atoms with E-state index in [1.54, 1.807) is 18.2 Å². The topological polar surface area (TPSA) is 71.1 Å². The molecule has 0 bridgehead atoms. The third-order valence-electron chi connectivity index (χ3n) is 5.50. The highest BCUT2D eigenvalue weighted by Gasteiger charge is 2.30. The van der Waals surface area contributed by atoms with Gasteiger partial charge in [-0.05, 0) is 56.5 Å². The van der Waals surface area contributed by atoms with Gasteiger partial charge in [-0.3, -0.25) is 9.59 Å². The van der Waals surface area contributed by atoms with Gasteiger partial charge in [0.15, 0.2) is 5.78 Å². The Balaban J connectivity index is 1.98. The summed E-state index contributed by atoms with van der Waals surface area (Å²) in [7, 11) is 3.04. The molecule has 0 aliphatic carbocycles.